The van der Waals surface area contributed by atoms with Crippen molar-refractivity contribution in [3.05, 3.63) is 47.3 Å². The third-order valence-corrected chi connectivity index (χ3v) is 5.90. The van der Waals surface area contributed by atoms with Crippen molar-refractivity contribution < 1.29 is 9.53 Å². The van der Waals surface area contributed by atoms with Gasteiger partial charge in [0.15, 0.2) is 0 Å². The zero-order valence-corrected chi connectivity index (χ0v) is 16.9. The number of nitrogens with two attached hydrogens (primary N) is 1. The minimum Gasteiger partial charge on any atom is -0.378 e. The van der Waals surface area contributed by atoms with Crippen molar-refractivity contribution in [3.8, 4) is 5.69 Å². The van der Waals surface area contributed by atoms with E-state index in [4.69, 9.17) is 10.5 Å². The van der Waals surface area contributed by atoms with Crippen molar-refractivity contribution >= 4 is 5.91 Å². The predicted octanol–water partition coefficient (Wildman–Crippen LogP) is 2.64. The zero-order valence-electron chi connectivity index (χ0n) is 16.9. The fourth-order valence-electron chi connectivity index (χ4n) is 3.89. The number of para-hydroxylation sites is 1. The number of aryl methyl sites for hydroxylation is 2. The average molecular weight is 370 g/mol. The van der Waals surface area contributed by atoms with Gasteiger partial charge in [-0.3, -0.25) is 4.79 Å². The first-order chi connectivity index (χ1) is 12.7. The summed E-state index contributed by atoms with van der Waals surface area (Å²) in [6.45, 7) is 11.0. The standard InChI is InChI=1S/C21H30N4O2/c1-6-27-18-12-21(22,20(18,4)5)19(26)23-13-16-9-7-8-10-17(16)25-15(3)11-14(2)24-25/h7-11,18H,6,12-13,22H2,1-5H3,(H,23,26). The molecule has 0 bridgehead atoms. The Morgan fingerprint density at radius 3 is 2.67 bits per heavy atom. The molecule has 1 saturated carbocycles. The Morgan fingerprint density at radius 2 is 2.07 bits per heavy atom. The number of hydrogen-bond acceptors (Lipinski definition) is 4. The van der Waals surface area contributed by atoms with Crippen LogP contribution in [0.1, 0.15) is 44.1 Å². The van der Waals surface area contributed by atoms with Gasteiger partial charge in [0.2, 0.25) is 5.91 Å². The quantitative estimate of drug-likeness (QED) is 0.819. The van der Waals surface area contributed by atoms with Crippen LogP contribution in [0.25, 0.3) is 5.69 Å². The molecule has 3 N–H and O–H groups in total. The number of ether oxygens (including phenoxy) is 1. The molecular formula is C21H30N4O2. The first kappa shape index (κ1) is 19.6. The van der Waals surface area contributed by atoms with Crippen molar-refractivity contribution in [2.45, 2.75) is 59.2 Å². The van der Waals surface area contributed by atoms with Gasteiger partial charge >= 0.3 is 0 Å². The number of amides is 1. The van der Waals surface area contributed by atoms with Crippen LogP contribution in [0.4, 0.5) is 0 Å². The molecule has 1 aliphatic rings. The number of aromatic nitrogens is 2. The predicted molar refractivity (Wildman–Crippen MR) is 106 cm³/mol. The second-order valence-corrected chi connectivity index (χ2v) is 7.99. The third-order valence-electron chi connectivity index (χ3n) is 5.90. The van der Waals surface area contributed by atoms with E-state index in [1.54, 1.807) is 0 Å². The molecule has 0 radical (unpaired) electrons. The second-order valence-electron chi connectivity index (χ2n) is 7.99. The summed E-state index contributed by atoms with van der Waals surface area (Å²) in [5.74, 6) is -0.133. The molecule has 0 saturated heterocycles. The molecule has 1 amide bonds. The van der Waals surface area contributed by atoms with Gasteiger partial charge in [0, 0.05) is 30.7 Å². The van der Waals surface area contributed by atoms with Gasteiger partial charge in [-0.1, -0.05) is 32.0 Å². The molecule has 27 heavy (non-hydrogen) atoms. The lowest BCUT2D eigenvalue weighted by molar-refractivity contribution is -0.170. The van der Waals surface area contributed by atoms with Crippen LogP contribution in [0.15, 0.2) is 30.3 Å². The topological polar surface area (TPSA) is 82.2 Å². The molecule has 6 heteroatoms. The average Bonchev–Trinajstić information content (AvgIpc) is 2.97. The van der Waals surface area contributed by atoms with E-state index in [1.165, 1.54) is 0 Å². The summed E-state index contributed by atoms with van der Waals surface area (Å²) in [5, 5.41) is 7.60. The lowest BCUT2D eigenvalue weighted by Gasteiger charge is -2.57. The molecule has 1 aromatic heterocycles. The molecule has 6 nitrogen and oxygen atoms in total. The first-order valence-corrected chi connectivity index (χ1v) is 9.51. The highest BCUT2D eigenvalue weighted by Gasteiger charge is 2.62. The lowest BCUT2D eigenvalue weighted by Crippen LogP contribution is -2.75. The highest BCUT2D eigenvalue weighted by Crippen LogP contribution is 2.49. The zero-order chi connectivity index (χ0) is 19.8. The van der Waals surface area contributed by atoms with Crippen molar-refractivity contribution in [3.63, 3.8) is 0 Å². The van der Waals surface area contributed by atoms with Crippen molar-refractivity contribution in [2.75, 3.05) is 6.61 Å². The smallest absolute Gasteiger partial charge is 0.241 e. The Hall–Kier alpha value is -2.18. The molecule has 1 aliphatic carbocycles. The maximum Gasteiger partial charge on any atom is 0.241 e. The Kier molecular flexibility index (Phi) is 5.14. The summed E-state index contributed by atoms with van der Waals surface area (Å²) in [6, 6.07) is 9.99. The van der Waals surface area contributed by atoms with Gasteiger partial charge in [0.1, 0.15) is 5.54 Å². The Morgan fingerprint density at radius 1 is 1.37 bits per heavy atom. The van der Waals surface area contributed by atoms with E-state index in [0.29, 0.717) is 19.6 Å². The van der Waals surface area contributed by atoms with Gasteiger partial charge in [-0.05, 0) is 38.5 Å². The molecule has 2 atom stereocenters. The van der Waals surface area contributed by atoms with Crippen LogP contribution < -0.4 is 11.1 Å². The first-order valence-electron chi connectivity index (χ1n) is 9.51. The van der Waals surface area contributed by atoms with Crippen LogP contribution in [-0.4, -0.2) is 33.9 Å². The van der Waals surface area contributed by atoms with E-state index in [0.717, 1.165) is 22.6 Å². The number of rotatable bonds is 6. The summed E-state index contributed by atoms with van der Waals surface area (Å²) in [6.07, 6.45) is 0.555. The van der Waals surface area contributed by atoms with Gasteiger partial charge in [0.25, 0.3) is 0 Å². The van der Waals surface area contributed by atoms with E-state index in [-0.39, 0.29) is 12.0 Å². The normalized spacial score (nSPS) is 23.7. The van der Waals surface area contributed by atoms with Gasteiger partial charge < -0.3 is 15.8 Å². The highest BCUT2D eigenvalue weighted by atomic mass is 16.5. The van der Waals surface area contributed by atoms with Crippen LogP contribution >= 0.6 is 0 Å². The number of hydrogen-bond donors (Lipinski definition) is 2. The van der Waals surface area contributed by atoms with Crippen LogP contribution in [0.2, 0.25) is 0 Å². The number of benzene rings is 1. The lowest BCUT2D eigenvalue weighted by atomic mass is 9.54. The molecule has 2 aromatic rings. The third kappa shape index (κ3) is 3.28. The SMILES string of the molecule is CCOC1CC(N)(C(=O)NCc2ccccc2-n2nc(C)cc2C)C1(C)C. The Labute approximate surface area is 161 Å². The highest BCUT2D eigenvalue weighted by molar-refractivity contribution is 5.88. The molecule has 1 heterocycles. The van der Waals surface area contributed by atoms with E-state index < -0.39 is 11.0 Å². The molecule has 1 aromatic carbocycles. The second kappa shape index (κ2) is 7.09. The number of nitrogens with zero attached hydrogens (tertiary/aromatic N) is 2. The summed E-state index contributed by atoms with van der Waals surface area (Å²) in [7, 11) is 0. The molecule has 3 rings (SSSR count). The van der Waals surface area contributed by atoms with Gasteiger partial charge in [-0.15, -0.1) is 0 Å². The van der Waals surface area contributed by atoms with E-state index >= 15 is 0 Å². The molecular weight excluding hydrogens is 340 g/mol. The van der Waals surface area contributed by atoms with Crippen molar-refractivity contribution in [1.29, 1.82) is 0 Å². The van der Waals surface area contributed by atoms with Crippen LogP contribution in [0, 0.1) is 19.3 Å². The molecule has 2 unspecified atom stereocenters. The Bertz CT molecular complexity index is 842. The van der Waals surface area contributed by atoms with Gasteiger partial charge in [-0.25, -0.2) is 4.68 Å². The van der Waals surface area contributed by atoms with Crippen LogP contribution in [-0.2, 0) is 16.1 Å². The van der Waals surface area contributed by atoms with E-state index in [1.807, 2.05) is 69.6 Å². The van der Waals surface area contributed by atoms with E-state index in [9.17, 15) is 4.79 Å². The number of carbonyl (C=O) groups is 1. The fraction of sp³-hybridized carbons (Fsp3) is 0.524. The van der Waals surface area contributed by atoms with Crippen molar-refractivity contribution in [1.82, 2.24) is 15.1 Å². The molecule has 1 fully saturated rings. The maximum absolute atomic E-state index is 12.9. The summed E-state index contributed by atoms with van der Waals surface area (Å²) >= 11 is 0. The summed E-state index contributed by atoms with van der Waals surface area (Å²) in [4.78, 5) is 12.9. The van der Waals surface area contributed by atoms with E-state index in [2.05, 4.69) is 10.4 Å². The van der Waals surface area contributed by atoms with Crippen molar-refractivity contribution in [2.24, 2.45) is 11.1 Å². The maximum atomic E-state index is 12.9. The summed E-state index contributed by atoms with van der Waals surface area (Å²) < 4.78 is 7.63. The number of carbonyl (C=O) groups excluding carboxylic acids is 1. The number of nitrogens with one attached hydrogen (secondary N) is 1. The molecule has 0 spiro atoms. The minimum absolute atomic E-state index is 0.0141. The van der Waals surface area contributed by atoms with Crippen LogP contribution in [0.3, 0.4) is 0 Å². The summed E-state index contributed by atoms with van der Waals surface area (Å²) in [5.41, 5.74) is 9.15. The van der Waals surface area contributed by atoms with Gasteiger partial charge in [0.05, 0.1) is 17.5 Å². The largest absolute Gasteiger partial charge is 0.378 e. The van der Waals surface area contributed by atoms with Crippen LogP contribution in [0.5, 0.6) is 0 Å². The molecule has 146 valence electrons. The Balaban J connectivity index is 1.75. The van der Waals surface area contributed by atoms with Gasteiger partial charge in [-0.2, -0.15) is 5.10 Å². The fourth-order valence-corrected chi connectivity index (χ4v) is 3.89. The monoisotopic (exact) mass is 370 g/mol. The minimum atomic E-state index is -0.917. The molecule has 0 aliphatic heterocycles.